The summed E-state index contributed by atoms with van der Waals surface area (Å²) in [6, 6.07) is 1.35. The van der Waals surface area contributed by atoms with Crippen molar-refractivity contribution in [2.75, 3.05) is 26.2 Å². The average molecular weight is 321 g/mol. The van der Waals surface area contributed by atoms with Gasteiger partial charge in [0.1, 0.15) is 11.5 Å². The molecule has 0 saturated carbocycles. The Morgan fingerprint density at radius 3 is 2.21 bits per heavy atom. The van der Waals surface area contributed by atoms with Gasteiger partial charge in [0.05, 0.1) is 0 Å². The molecule has 0 amide bonds. The molecular formula is C11H17Cl2F3N2O. The Morgan fingerprint density at radius 1 is 1.21 bits per heavy atom. The third-order valence-electron chi connectivity index (χ3n) is 2.86. The second kappa shape index (κ2) is 7.38. The second-order valence-corrected chi connectivity index (χ2v) is 4.18. The van der Waals surface area contributed by atoms with Crippen LogP contribution in [0.25, 0.3) is 0 Å². The minimum Gasteiger partial charge on any atom is -0.464 e. The van der Waals surface area contributed by atoms with Crippen LogP contribution in [-0.2, 0) is 0 Å². The molecule has 112 valence electrons. The van der Waals surface area contributed by atoms with E-state index in [0.717, 1.165) is 0 Å². The summed E-state index contributed by atoms with van der Waals surface area (Å²) in [6.07, 6.45) is -4.30. The van der Waals surface area contributed by atoms with E-state index in [1.165, 1.54) is 11.0 Å². The van der Waals surface area contributed by atoms with Crippen molar-refractivity contribution < 1.29 is 17.6 Å². The molecule has 0 aromatic carbocycles. The van der Waals surface area contributed by atoms with Crippen LogP contribution in [0.5, 0.6) is 0 Å². The molecule has 0 spiro atoms. The highest BCUT2D eigenvalue weighted by atomic mass is 35.5. The molecule has 3 nitrogen and oxygen atoms in total. The third kappa shape index (κ3) is 4.56. The average Bonchev–Trinajstić information content (AvgIpc) is 2.64. The number of alkyl halides is 3. The van der Waals surface area contributed by atoms with E-state index in [2.05, 4.69) is 5.32 Å². The highest BCUT2D eigenvalue weighted by molar-refractivity contribution is 5.85. The van der Waals surface area contributed by atoms with Gasteiger partial charge in [-0.2, -0.15) is 13.2 Å². The van der Waals surface area contributed by atoms with Gasteiger partial charge < -0.3 is 9.73 Å². The van der Waals surface area contributed by atoms with E-state index in [0.29, 0.717) is 31.9 Å². The van der Waals surface area contributed by atoms with E-state index in [1.54, 1.807) is 13.0 Å². The monoisotopic (exact) mass is 320 g/mol. The van der Waals surface area contributed by atoms with Crippen molar-refractivity contribution in [1.29, 1.82) is 0 Å². The zero-order valence-electron chi connectivity index (χ0n) is 10.4. The van der Waals surface area contributed by atoms with Gasteiger partial charge in [-0.1, -0.05) is 0 Å². The van der Waals surface area contributed by atoms with Crippen molar-refractivity contribution in [3.8, 4) is 0 Å². The Bertz CT molecular complexity index is 378. The molecule has 2 rings (SSSR count). The Balaban J connectivity index is 0.00000162. The fraction of sp³-hybridized carbons (Fsp3) is 0.636. The zero-order chi connectivity index (χ0) is 12.5. The molecule has 1 N–H and O–H groups in total. The van der Waals surface area contributed by atoms with Crippen LogP contribution in [0.2, 0.25) is 0 Å². The molecule has 1 aliphatic heterocycles. The Morgan fingerprint density at radius 2 is 1.79 bits per heavy atom. The van der Waals surface area contributed by atoms with Gasteiger partial charge in [-0.3, -0.25) is 4.90 Å². The Hall–Kier alpha value is -0.430. The summed E-state index contributed by atoms with van der Waals surface area (Å²) in [5.41, 5.74) is 0. The van der Waals surface area contributed by atoms with Crippen LogP contribution in [0.3, 0.4) is 0 Å². The number of furan rings is 1. The maximum atomic E-state index is 13.1. The minimum atomic E-state index is -4.30. The van der Waals surface area contributed by atoms with Crippen molar-refractivity contribution in [1.82, 2.24) is 10.2 Å². The molecule has 19 heavy (non-hydrogen) atoms. The van der Waals surface area contributed by atoms with Crippen molar-refractivity contribution in [3.63, 3.8) is 0 Å². The largest absolute Gasteiger partial charge is 0.464 e. The summed E-state index contributed by atoms with van der Waals surface area (Å²) in [4.78, 5) is 1.41. The number of nitrogens with zero attached hydrogens (tertiary/aromatic N) is 1. The molecule has 1 aliphatic rings. The fourth-order valence-electron chi connectivity index (χ4n) is 2.09. The highest BCUT2D eigenvalue weighted by Gasteiger charge is 2.46. The van der Waals surface area contributed by atoms with Gasteiger partial charge >= 0.3 is 6.18 Å². The van der Waals surface area contributed by atoms with E-state index in [9.17, 15) is 13.2 Å². The first-order valence-electron chi connectivity index (χ1n) is 5.56. The lowest BCUT2D eigenvalue weighted by Crippen LogP contribution is -2.48. The number of aryl methyl sites for hydroxylation is 1. The quantitative estimate of drug-likeness (QED) is 0.908. The van der Waals surface area contributed by atoms with Crippen LogP contribution >= 0.6 is 24.8 Å². The summed E-state index contributed by atoms with van der Waals surface area (Å²) in [6.45, 7) is 3.56. The molecule has 1 aromatic heterocycles. The normalized spacial score (nSPS) is 18.3. The van der Waals surface area contributed by atoms with Crippen LogP contribution in [-0.4, -0.2) is 37.3 Å². The standard InChI is InChI=1S/C11H15F3N2O.2ClH/c1-8-2-3-9(17-8)10(11(12,13)14)16-6-4-15-5-7-16;;/h2-3,10,15H,4-7H2,1H3;2*1H/t10-;;/m1../s1. The first-order valence-corrected chi connectivity index (χ1v) is 5.56. The number of rotatable bonds is 2. The van der Waals surface area contributed by atoms with Gasteiger partial charge in [0.25, 0.3) is 0 Å². The SMILES string of the molecule is Cc1ccc([C@@H](N2CCNCC2)C(F)(F)F)o1.Cl.Cl. The van der Waals surface area contributed by atoms with Gasteiger partial charge in [-0.15, -0.1) is 24.8 Å². The lowest BCUT2D eigenvalue weighted by molar-refractivity contribution is -0.192. The van der Waals surface area contributed by atoms with Gasteiger partial charge in [0, 0.05) is 26.2 Å². The van der Waals surface area contributed by atoms with Gasteiger partial charge in [-0.05, 0) is 19.1 Å². The van der Waals surface area contributed by atoms with Crippen LogP contribution < -0.4 is 5.32 Å². The minimum absolute atomic E-state index is 0. The zero-order valence-corrected chi connectivity index (χ0v) is 12.0. The smallest absolute Gasteiger partial charge is 0.411 e. The van der Waals surface area contributed by atoms with Gasteiger partial charge in [-0.25, -0.2) is 0 Å². The molecule has 8 heteroatoms. The van der Waals surface area contributed by atoms with E-state index in [-0.39, 0.29) is 30.6 Å². The Kier molecular flexibility index (Phi) is 7.21. The van der Waals surface area contributed by atoms with Crippen LogP contribution in [0.15, 0.2) is 16.5 Å². The second-order valence-electron chi connectivity index (χ2n) is 4.18. The van der Waals surface area contributed by atoms with E-state index >= 15 is 0 Å². The first kappa shape index (κ1) is 18.6. The molecule has 1 atom stereocenters. The summed E-state index contributed by atoms with van der Waals surface area (Å²) >= 11 is 0. The molecule has 0 radical (unpaired) electrons. The fourth-order valence-corrected chi connectivity index (χ4v) is 2.09. The number of hydrogen-bond acceptors (Lipinski definition) is 3. The van der Waals surface area contributed by atoms with Crippen LogP contribution in [0.1, 0.15) is 17.6 Å². The molecule has 2 heterocycles. The lowest BCUT2D eigenvalue weighted by atomic mass is 10.1. The van der Waals surface area contributed by atoms with Gasteiger partial charge in [0.2, 0.25) is 0 Å². The third-order valence-corrected chi connectivity index (χ3v) is 2.86. The van der Waals surface area contributed by atoms with Gasteiger partial charge in [0.15, 0.2) is 6.04 Å². The summed E-state index contributed by atoms with van der Waals surface area (Å²) < 4.78 is 44.4. The molecule has 1 aromatic rings. The number of halogens is 5. The topological polar surface area (TPSA) is 28.4 Å². The molecule has 0 bridgehead atoms. The van der Waals surface area contributed by atoms with E-state index < -0.39 is 12.2 Å². The van der Waals surface area contributed by atoms with Crippen LogP contribution in [0.4, 0.5) is 13.2 Å². The summed E-state index contributed by atoms with van der Waals surface area (Å²) in [5, 5.41) is 3.04. The predicted molar refractivity (Wildman–Crippen MR) is 71.2 cm³/mol. The number of piperazine rings is 1. The maximum Gasteiger partial charge on any atom is 0.411 e. The lowest BCUT2D eigenvalue weighted by Gasteiger charge is -2.34. The van der Waals surface area contributed by atoms with Crippen molar-refractivity contribution in [2.24, 2.45) is 0 Å². The number of hydrogen-bond donors (Lipinski definition) is 1. The Labute approximate surface area is 122 Å². The molecular weight excluding hydrogens is 304 g/mol. The summed E-state index contributed by atoms with van der Waals surface area (Å²) in [7, 11) is 0. The van der Waals surface area contributed by atoms with E-state index in [4.69, 9.17) is 4.42 Å². The highest BCUT2D eigenvalue weighted by Crippen LogP contribution is 2.38. The maximum absolute atomic E-state index is 13.1. The van der Waals surface area contributed by atoms with E-state index in [1.807, 2.05) is 0 Å². The van der Waals surface area contributed by atoms with Crippen molar-refractivity contribution in [2.45, 2.75) is 19.1 Å². The first-order chi connectivity index (χ1) is 7.98. The van der Waals surface area contributed by atoms with Crippen molar-refractivity contribution >= 4 is 24.8 Å². The molecule has 1 fully saturated rings. The van der Waals surface area contributed by atoms with Crippen molar-refractivity contribution in [3.05, 3.63) is 23.7 Å². The molecule has 1 saturated heterocycles. The number of nitrogens with one attached hydrogen (secondary N) is 1. The molecule has 0 aliphatic carbocycles. The summed E-state index contributed by atoms with van der Waals surface area (Å²) in [5.74, 6) is 0.487. The molecule has 0 unspecified atom stereocenters. The van der Waals surface area contributed by atoms with Crippen LogP contribution in [0, 0.1) is 6.92 Å². The predicted octanol–water partition coefficient (Wildman–Crippen LogP) is 2.94.